The van der Waals surface area contributed by atoms with Crippen molar-refractivity contribution in [3.05, 3.63) is 58.1 Å². The fourth-order valence-corrected chi connectivity index (χ4v) is 3.49. The predicted molar refractivity (Wildman–Crippen MR) is 93.0 cm³/mol. The Bertz CT molecular complexity index is 880. The van der Waals surface area contributed by atoms with E-state index in [1.807, 2.05) is 38.1 Å². The zero-order chi connectivity index (χ0) is 15.9. The molecule has 3 nitrogen and oxygen atoms in total. The molecule has 0 aliphatic rings. The molecule has 0 saturated heterocycles. The van der Waals surface area contributed by atoms with Crippen molar-refractivity contribution >= 4 is 32.6 Å². The SMILES string of the molecule is Cc1ccc(C)c(C(=O)Nc2nc3cc(C)cc(C)c3s2)c1. The summed E-state index contributed by atoms with van der Waals surface area (Å²) >= 11 is 1.52. The number of aryl methyl sites for hydroxylation is 4. The number of nitrogens with one attached hydrogen (secondary N) is 1. The van der Waals surface area contributed by atoms with Gasteiger partial charge in [0.25, 0.3) is 5.91 Å². The second-order valence-electron chi connectivity index (χ2n) is 5.72. The molecule has 0 saturated carbocycles. The van der Waals surface area contributed by atoms with Crippen LogP contribution in [0.15, 0.2) is 30.3 Å². The Morgan fingerprint density at radius 1 is 1.00 bits per heavy atom. The fraction of sp³-hybridized carbons (Fsp3) is 0.222. The average Bonchev–Trinajstić information content (AvgIpc) is 2.84. The number of benzene rings is 2. The molecule has 0 unspecified atom stereocenters. The Hall–Kier alpha value is -2.20. The number of nitrogens with zero attached hydrogens (tertiary/aromatic N) is 1. The average molecular weight is 310 g/mol. The molecule has 1 heterocycles. The minimum absolute atomic E-state index is 0.102. The Kier molecular flexibility index (Phi) is 3.71. The number of rotatable bonds is 2. The molecule has 0 fully saturated rings. The summed E-state index contributed by atoms with van der Waals surface area (Å²) in [4.78, 5) is 17.0. The molecule has 4 heteroatoms. The largest absolute Gasteiger partial charge is 0.298 e. The lowest BCUT2D eigenvalue weighted by Gasteiger charge is -2.06. The van der Waals surface area contributed by atoms with Gasteiger partial charge in [-0.05, 0) is 56.5 Å². The molecule has 1 N–H and O–H groups in total. The predicted octanol–water partition coefficient (Wildman–Crippen LogP) is 4.78. The number of hydrogen-bond acceptors (Lipinski definition) is 3. The topological polar surface area (TPSA) is 42.0 Å². The van der Waals surface area contributed by atoms with Gasteiger partial charge in [-0.15, -0.1) is 0 Å². The summed E-state index contributed by atoms with van der Waals surface area (Å²) in [6, 6.07) is 10.1. The highest BCUT2D eigenvalue weighted by molar-refractivity contribution is 7.22. The maximum Gasteiger partial charge on any atom is 0.257 e. The van der Waals surface area contributed by atoms with Gasteiger partial charge in [0.1, 0.15) is 0 Å². The summed E-state index contributed by atoms with van der Waals surface area (Å²) in [7, 11) is 0. The zero-order valence-electron chi connectivity index (χ0n) is 13.2. The van der Waals surface area contributed by atoms with Crippen molar-refractivity contribution in [3.8, 4) is 0 Å². The molecule has 0 bridgehead atoms. The Morgan fingerprint density at radius 2 is 1.77 bits per heavy atom. The summed E-state index contributed by atoms with van der Waals surface area (Å²) in [5, 5.41) is 3.58. The van der Waals surface area contributed by atoms with Crippen LogP contribution in [0, 0.1) is 27.7 Å². The molecule has 3 rings (SSSR count). The molecule has 0 aliphatic heterocycles. The number of fused-ring (bicyclic) bond motifs is 1. The van der Waals surface area contributed by atoms with Gasteiger partial charge >= 0.3 is 0 Å². The van der Waals surface area contributed by atoms with E-state index in [-0.39, 0.29) is 5.91 Å². The maximum atomic E-state index is 12.5. The lowest BCUT2D eigenvalue weighted by Crippen LogP contribution is -2.13. The lowest BCUT2D eigenvalue weighted by molar-refractivity contribution is 0.102. The van der Waals surface area contributed by atoms with Crippen LogP contribution in [0.4, 0.5) is 5.13 Å². The molecule has 1 aromatic heterocycles. The van der Waals surface area contributed by atoms with Crippen LogP contribution in [-0.4, -0.2) is 10.9 Å². The third-order valence-electron chi connectivity index (χ3n) is 3.68. The van der Waals surface area contributed by atoms with E-state index in [1.54, 1.807) is 0 Å². The Labute approximate surface area is 134 Å². The number of carbonyl (C=O) groups excluding carboxylic acids is 1. The first-order chi connectivity index (χ1) is 10.4. The lowest BCUT2D eigenvalue weighted by atomic mass is 10.1. The summed E-state index contributed by atoms with van der Waals surface area (Å²) in [6.45, 7) is 8.06. The fourth-order valence-electron chi connectivity index (χ4n) is 2.58. The highest BCUT2D eigenvalue weighted by atomic mass is 32.1. The van der Waals surface area contributed by atoms with Gasteiger partial charge in [-0.3, -0.25) is 10.1 Å². The number of amides is 1. The number of carbonyl (C=O) groups is 1. The number of hydrogen-bond donors (Lipinski definition) is 1. The van der Waals surface area contributed by atoms with E-state index in [9.17, 15) is 4.79 Å². The van der Waals surface area contributed by atoms with E-state index >= 15 is 0 Å². The maximum absolute atomic E-state index is 12.5. The summed E-state index contributed by atoms with van der Waals surface area (Å²) < 4.78 is 1.13. The number of aromatic nitrogens is 1. The second kappa shape index (κ2) is 5.54. The molecule has 22 heavy (non-hydrogen) atoms. The van der Waals surface area contributed by atoms with Crippen molar-refractivity contribution in [2.24, 2.45) is 0 Å². The van der Waals surface area contributed by atoms with Crippen molar-refractivity contribution < 1.29 is 4.79 Å². The molecular formula is C18H18N2OS. The standard InChI is InChI=1S/C18H18N2OS/c1-10-5-6-12(3)14(8-10)17(21)20-18-19-15-9-11(2)7-13(4)16(15)22-18/h5-9H,1-4H3,(H,19,20,21). The molecular weight excluding hydrogens is 292 g/mol. The third kappa shape index (κ3) is 2.74. The highest BCUT2D eigenvalue weighted by Gasteiger charge is 2.13. The quantitative estimate of drug-likeness (QED) is 0.740. The first-order valence-electron chi connectivity index (χ1n) is 7.20. The van der Waals surface area contributed by atoms with Crippen LogP contribution in [0.5, 0.6) is 0 Å². The van der Waals surface area contributed by atoms with Gasteiger partial charge in [0.2, 0.25) is 0 Å². The molecule has 0 aliphatic carbocycles. The Morgan fingerprint density at radius 3 is 2.55 bits per heavy atom. The van der Waals surface area contributed by atoms with Crippen molar-refractivity contribution in [2.75, 3.05) is 5.32 Å². The number of anilines is 1. The van der Waals surface area contributed by atoms with E-state index in [0.29, 0.717) is 10.7 Å². The first-order valence-corrected chi connectivity index (χ1v) is 8.02. The van der Waals surface area contributed by atoms with Gasteiger partial charge in [0.15, 0.2) is 5.13 Å². The van der Waals surface area contributed by atoms with Crippen molar-refractivity contribution in [2.45, 2.75) is 27.7 Å². The minimum Gasteiger partial charge on any atom is -0.298 e. The molecule has 0 spiro atoms. The Balaban J connectivity index is 1.94. The van der Waals surface area contributed by atoms with Gasteiger partial charge in [-0.25, -0.2) is 4.98 Å². The normalized spacial score (nSPS) is 10.9. The molecule has 1 amide bonds. The monoisotopic (exact) mass is 310 g/mol. The van der Waals surface area contributed by atoms with Crippen LogP contribution >= 0.6 is 11.3 Å². The van der Waals surface area contributed by atoms with Crippen molar-refractivity contribution in [1.29, 1.82) is 0 Å². The van der Waals surface area contributed by atoms with Gasteiger partial charge < -0.3 is 0 Å². The summed E-state index contributed by atoms with van der Waals surface area (Å²) in [5.74, 6) is -0.102. The molecule has 112 valence electrons. The van der Waals surface area contributed by atoms with Crippen LogP contribution in [0.1, 0.15) is 32.6 Å². The van der Waals surface area contributed by atoms with Gasteiger partial charge in [-0.2, -0.15) is 0 Å². The van der Waals surface area contributed by atoms with E-state index in [1.165, 1.54) is 22.5 Å². The molecule has 0 radical (unpaired) electrons. The van der Waals surface area contributed by atoms with Gasteiger partial charge in [0.05, 0.1) is 10.2 Å². The van der Waals surface area contributed by atoms with E-state index in [2.05, 4.69) is 30.2 Å². The van der Waals surface area contributed by atoms with Crippen LogP contribution in [0.3, 0.4) is 0 Å². The van der Waals surface area contributed by atoms with E-state index in [0.717, 1.165) is 21.3 Å². The van der Waals surface area contributed by atoms with E-state index < -0.39 is 0 Å². The molecule has 0 atom stereocenters. The van der Waals surface area contributed by atoms with Crippen LogP contribution in [-0.2, 0) is 0 Å². The van der Waals surface area contributed by atoms with E-state index in [4.69, 9.17) is 0 Å². The van der Waals surface area contributed by atoms with Crippen molar-refractivity contribution in [3.63, 3.8) is 0 Å². The molecule has 3 aromatic rings. The summed E-state index contributed by atoms with van der Waals surface area (Å²) in [6.07, 6.45) is 0. The summed E-state index contributed by atoms with van der Waals surface area (Å²) in [5.41, 5.74) is 6.07. The smallest absolute Gasteiger partial charge is 0.257 e. The first kappa shape index (κ1) is 14.7. The minimum atomic E-state index is -0.102. The van der Waals surface area contributed by atoms with Crippen LogP contribution in [0.25, 0.3) is 10.2 Å². The highest BCUT2D eigenvalue weighted by Crippen LogP contribution is 2.30. The third-order valence-corrected chi connectivity index (χ3v) is 4.80. The zero-order valence-corrected chi connectivity index (χ0v) is 14.0. The van der Waals surface area contributed by atoms with Gasteiger partial charge in [-0.1, -0.05) is 35.1 Å². The van der Waals surface area contributed by atoms with Crippen LogP contribution in [0.2, 0.25) is 0 Å². The number of thiazole rings is 1. The van der Waals surface area contributed by atoms with Crippen LogP contribution < -0.4 is 5.32 Å². The van der Waals surface area contributed by atoms with Crippen molar-refractivity contribution in [1.82, 2.24) is 4.98 Å². The molecule has 2 aromatic carbocycles. The van der Waals surface area contributed by atoms with Gasteiger partial charge in [0, 0.05) is 5.56 Å². The second-order valence-corrected chi connectivity index (χ2v) is 6.72.